The summed E-state index contributed by atoms with van der Waals surface area (Å²) < 4.78 is 5.29. The van der Waals surface area contributed by atoms with E-state index in [1.807, 2.05) is 37.3 Å². The highest BCUT2D eigenvalue weighted by Crippen LogP contribution is 2.04. The standard InChI is InChI=1S/C14H21NO2.CH4O.ClH/c1-3-8-13(15-4-2)14(16)17-11-12-9-6-5-7-10-12;1-2;/h5-7,9-10,13,15H,3-4,8,11H2,1-2H3;2H,1H3;1H/t13-;;/m0../s1. The highest BCUT2D eigenvalue weighted by Gasteiger charge is 2.17. The molecule has 0 fully saturated rings. The van der Waals surface area contributed by atoms with Gasteiger partial charge in [0, 0.05) is 7.11 Å². The van der Waals surface area contributed by atoms with E-state index < -0.39 is 0 Å². The Labute approximate surface area is 127 Å². The average molecular weight is 304 g/mol. The number of rotatable bonds is 7. The summed E-state index contributed by atoms with van der Waals surface area (Å²) >= 11 is 0. The molecule has 0 radical (unpaired) electrons. The van der Waals surface area contributed by atoms with Gasteiger partial charge in [-0.3, -0.25) is 4.79 Å². The Balaban J connectivity index is 0. The Morgan fingerprint density at radius 3 is 2.35 bits per heavy atom. The third-order valence-corrected chi connectivity index (χ3v) is 2.54. The number of aliphatic hydroxyl groups is 1. The second-order valence-electron chi connectivity index (χ2n) is 3.99. The number of halogens is 1. The van der Waals surface area contributed by atoms with Crippen LogP contribution >= 0.6 is 12.4 Å². The van der Waals surface area contributed by atoms with Gasteiger partial charge in [-0.15, -0.1) is 12.4 Å². The molecule has 1 aromatic rings. The zero-order valence-electron chi connectivity index (χ0n) is 12.5. The second-order valence-corrected chi connectivity index (χ2v) is 3.99. The van der Waals surface area contributed by atoms with E-state index in [-0.39, 0.29) is 24.4 Å². The Kier molecular flexibility index (Phi) is 15.2. The Morgan fingerprint density at radius 1 is 1.25 bits per heavy atom. The van der Waals surface area contributed by atoms with E-state index in [4.69, 9.17) is 9.84 Å². The van der Waals surface area contributed by atoms with Gasteiger partial charge in [0.2, 0.25) is 0 Å². The molecule has 116 valence electrons. The number of carbonyl (C=O) groups excluding carboxylic acids is 1. The topological polar surface area (TPSA) is 58.6 Å². The predicted molar refractivity (Wildman–Crippen MR) is 84.0 cm³/mol. The molecule has 1 atom stereocenters. The van der Waals surface area contributed by atoms with Crippen molar-refractivity contribution in [1.29, 1.82) is 0 Å². The lowest BCUT2D eigenvalue weighted by atomic mass is 10.1. The minimum Gasteiger partial charge on any atom is -0.460 e. The van der Waals surface area contributed by atoms with Crippen LogP contribution < -0.4 is 5.32 Å². The fourth-order valence-electron chi connectivity index (χ4n) is 1.67. The molecule has 0 aliphatic rings. The second kappa shape index (κ2) is 14.3. The van der Waals surface area contributed by atoms with Crippen LogP contribution in [0.25, 0.3) is 0 Å². The number of hydrogen-bond acceptors (Lipinski definition) is 4. The molecule has 0 aromatic heterocycles. The van der Waals surface area contributed by atoms with Crippen LogP contribution in [0.1, 0.15) is 32.3 Å². The molecule has 0 aliphatic carbocycles. The van der Waals surface area contributed by atoms with Gasteiger partial charge in [0.15, 0.2) is 0 Å². The first-order valence-corrected chi connectivity index (χ1v) is 6.66. The number of aliphatic hydroxyl groups excluding tert-OH is 1. The van der Waals surface area contributed by atoms with Gasteiger partial charge in [0.1, 0.15) is 12.6 Å². The molecule has 1 rings (SSSR count). The van der Waals surface area contributed by atoms with Crippen molar-refractivity contribution < 1.29 is 14.6 Å². The van der Waals surface area contributed by atoms with Gasteiger partial charge >= 0.3 is 5.97 Å². The molecule has 5 heteroatoms. The third kappa shape index (κ3) is 8.91. The minimum absolute atomic E-state index is 0. The summed E-state index contributed by atoms with van der Waals surface area (Å²) in [6.07, 6.45) is 1.79. The van der Waals surface area contributed by atoms with Gasteiger partial charge in [0.05, 0.1) is 0 Å². The molecule has 0 aliphatic heterocycles. The van der Waals surface area contributed by atoms with Crippen molar-refractivity contribution >= 4 is 18.4 Å². The smallest absolute Gasteiger partial charge is 0.323 e. The van der Waals surface area contributed by atoms with Crippen molar-refractivity contribution in [2.75, 3.05) is 13.7 Å². The average Bonchev–Trinajstić information content (AvgIpc) is 2.48. The summed E-state index contributed by atoms with van der Waals surface area (Å²) in [7, 11) is 1.00. The van der Waals surface area contributed by atoms with E-state index in [0.29, 0.717) is 6.61 Å². The first-order chi connectivity index (χ1) is 9.27. The molecule has 0 amide bonds. The number of esters is 1. The van der Waals surface area contributed by atoms with Gasteiger partial charge in [-0.1, -0.05) is 50.6 Å². The van der Waals surface area contributed by atoms with Crippen LogP contribution in [0.3, 0.4) is 0 Å². The van der Waals surface area contributed by atoms with Gasteiger partial charge in [0.25, 0.3) is 0 Å². The number of ether oxygens (including phenoxy) is 1. The molecule has 0 saturated heterocycles. The number of nitrogens with one attached hydrogen (secondary N) is 1. The van der Waals surface area contributed by atoms with Crippen molar-refractivity contribution in [1.82, 2.24) is 5.32 Å². The molecule has 2 N–H and O–H groups in total. The largest absolute Gasteiger partial charge is 0.460 e. The normalized spacial score (nSPS) is 10.6. The van der Waals surface area contributed by atoms with Gasteiger partial charge < -0.3 is 15.2 Å². The molecule has 0 heterocycles. The molecule has 1 aromatic carbocycles. The SMILES string of the molecule is CCC[C@H](NCC)C(=O)OCc1ccccc1.CO.Cl. The van der Waals surface area contributed by atoms with Crippen LogP contribution in [0, 0.1) is 0 Å². The Hall–Kier alpha value is -1.10. The van der Waals surface area contributed by atoms with Gasteiger partial charge in [-0.25, -0.2) is 0 Å². The fraction of sp³-hybridized carbons (Fsp3) is 0.533. The molecule has 4 nitrogen and oxygen atoms in total. The first-order valence-electron chi connectivity index (χ1n) is 6.66. The zero-order chi connectivity index (χ0) is 14.5. The summed E-state index contributed by atoms with van der Waals surface area (Å²) in [5, 5.41) is 10.1. The molecule has 0 unspecified atom stereocenters. The molecular weight excluding hydrogens is 278 g/mol. The van der Waals surface area contributed by atoms with Crippen LogP contribution in [-0.4, -0.2) is 30.8 Å². The maximum atomic E-state index is 11.8. The van der Waals surface area contributed by atoms with E-state index in [1.54, 1.807) is 0 Å². The highest BCUT2D eigenvalue weighted by atomic mass is 35.5. The molecule has 0 bridgehead atoms. The number of hydrogen-bond donors (Lipinski definition) is 2. The van der Waals surface area contributed by atoms with E-state index in [1.165, 1.54) is 0 Å². The van der Waals surface area contributed by atoms with E-state index in [0.717, 1.165) is 32.1 Å². The lowest BCUT2D eigenvalue weighted by Crippen LogP contribution is -2.37. The van der Waals surface area contributed by atoms with Crippen LogP contribution in [0.2, 0.25) is 0 Å². The molecule has 0 saturated carbocycles. The lowest BCUT2D eigenvalue weighted by molar-refractivity contribution is -0.147. The Bertz CT molecular complexity index is 327. The number of benzene rings is 1. The lowest BCUT2D eigenvalue weighted by Gasteiger charge is -2.15. The van der Waals surface area contributed by atoms with Crippen molar-refractivity contribution in [3.8, 4) is 0 Å². The summed E-state index contributed by atoms with van der Waals surface area (Å²) in [5.74, 6) is -0.155. The number of likely N-dealkylation sites (N-methyl/N-ethyl adjacent to an activating group) is 1. The number of carbonyl (C=O) groups is 1. The third-order valence-electron chi connectivity index (χ3n) is 2.54. The summed E-state index contributed by atoms with van der Waals surface area (Å²) in [4.78, 5) is 11.8. The van der Waals surface area contributed by atoms with Crippen LogP contribution in [0.5, 0.6) is 0 Å². The zero-order valence-corrected chi connectivity index (χ0v) is 13.3. The van der Waals surface area contributed by atoms with Crippen LogP contribution in [0.4, 0.5) is 0 Å². The quantitative estimate of drug-likeness (QED) is 0.760. The van der Waals surface area contributed by atoms with Crippen LogP contribution in [0.15, 0.2) is 30.3 Å². The fourth-order valence-corrected chi connectivity index (χ4v) is 1.67. The summed E-state index contributed by atoms with van der Waals surface area (Å²) in [6, 6.07) is 9.57. The molecule has 20 heavy (non-hydrogen) atoms. The first kappa shape index (κ1) is 21.2. The van der Waals surface area contributed by atoms with Gasteiger partial charge in [-0.05, 0) is 18.5 Å². The van der Waals surface area contributed by atoms with E-state index >= 15 is 0 Å². The minimum atomic E-state index is -0.172. The summed E-state index contributed by atoms with van der Waals surface area (Å²) in [5.41, 5.74) is 1.02. The van der Waals surface area contributed by atoms with Crippen LogP contribution in [-0.2, 0) is 16.1 Å². The van der Waals surface area contributed by atoms with Gasteiger partial charge in [-0.2, -0.15) is 0 Å². The predicted octanol–water partition coefficient (Wildman–Crippen LogP) is 2.54. The summed E-state index contributed by atoms with van der Waals surface area (Å²) in [6.45, 7) is 5.19. The maximum Gasteiger partial charge on any atom is 0.323 e. The van der Waals surface area contributed by atoms with Crippen molar-refractivity contribution in [3.63, 3.8) is 0 Å². The van der Waals surface area contributed by atoms with Crippen molar-refractivity contribution in [3.05, 3.63) is 35.9 Å². The van der Waals surface area contributed by atoms with E-state index in [9.17, 15) is 4.79 Å². The monoisotopic (exact) mass is 303 g/mol. The molecular formula is C15H26ClNO3. The van der Waals surface area contributed by atoms with E-state index in [2.05, 4.69) is 12.2 Å². The highest BCUT2D eigenvalue weighted by molar-refractivity contribution is 5.85. The molecule has 0 spiro atoms. The maximum absolute atomic E-state index is 11.8. The van der Waals surface area contributed by atoms with Crippen molar-refractivity contribution in [2.45, 2.75) is 39.3 Å². The van der Waals surface area contributed by atoms with Crippen molar-refractivity contribution in [2.24, 2.45) is 0 Å². The Morgan fingerprint density at radius 2 is 1.85 bits per heavy atom.